The quantitative estimate of drug-likeness (QED) is 0.795. The normalized spacial score (nSPS) is 15.8. The third-order valence-electron chi connectivity index (χ3n) is 3.84. The van der Waals surface area contributed by atoms with E-state index in [4.69, 9.17) is 0 Å². The molecule has 0 N–H and O–H groups in total. The van der Waals surface area contributed by atoms with Crippen molar-refractivity contribution in [1.29, 1.82) is 0 Å². The molecule has 2 heterocycles. The number of aryl methyl sites for hydroxylation is 1. The average molecular weight is 342 g/mol. The van der Waals surface area contributed by atoms with E-state index in [-0.39, 0.29) is 5.91 Å². The maximum Gasteiger partial charge on any atom is 0.270 e. The topological polar surface area (TPSA) is 28.5 Å². The summed E-state index contributed by atoms with van der Waals surface area (Å²) in [6.07, 6.45) is 5.61. The lowest BCUT2D eigenvalue weighted by Gasteiger charge is -2.22. The van der Waals surface area contributed by atoms with Crippen molar-refractivity contribution in [1.82, 2.24) is 14.4 Å². The lowest BCUT2D eigenvalue weighted by molar-refractivity contribution is 0.0771. The first-order chi connectivity index (χ1) is 9.61. The minimum Gasteiger partial charge on any atom is -0.342 e. The Labute approximate surface area is 129 Å². The molecule has 0 aromatic carbocycles. The first kappa shape index (κ1) is 15.6. The van der Waals surface area contributed by atoms with Gasteiger partial charge in [0.25, 0.3) is 5.91 Å². The summed E-state index contributed by atoms with van der Waals surface area (Å²) in [5.41, 5.74) is 0.780. The summed E-state index contributed by atoms with van der Waals surface area (Å²) < 4.78 is 3.01. The molecule has 1 amide bonds. The van der Waals surface area contributed by atoms with Crippen LogP contribution in [0.2, 0.25) is 0 Å². The van der Waals surface area contributed by atoms with Crippen molar-refractivity contribution in [3.05, 3.63) is 22.4 Å². The van der Waals surface area contributed by atoms with E-state index in [1.807, 2.05) is 28.8 Å². The predicted octanol–water partition coefficient (Wildman–Crippen LogP) is 2.83. The number of likely N-dealkylation sites (tertiary alicyclic amines) is 1. The Kier molecular flexibility index (Phi) is 5.66. The van der Waals surface area contributed by atoms with Gasteiger partial charge in [-0.25, -0.2) is 0 Å². The van der Waals surface area contributed by atoms with Crippen molar-refractivity contribution >= 4 is 21.8 Å². The monoisotopic (exact) mass is 341 g/mol. The summed E-state index contributed by atoms with van der Waals surface area (Å²) in [5.74, 6) is 0.114. The molecule has 1 aromatic heterocycles. The van der Waals surface area contributed by atoms with Crippen LogP contribution in [-0.4, -0.2) is 53.5 Å². The zero-order valence-electron chi connectivity index (χ0n) is 12.4. The fraction of sp³-hybridized carbons (Fsp3) is 0.667. The van der Waals surface area contributed by atoms with Crippen LogP contribution in [0.5, 0.6) is 0 Å². The number of carbonyl (C=O) groups is 1. The van der Waals surface area contributed by atoms with E-state index in [1.165, 1.54) is 25.9 Å². The highest BCUT2D eigenvalue weighted by molar-refractivity contribution is 9.10. The molecule has 5 heteroatoms. The van der Waals surface area contributed by atoms with Crippen LogP contribution in [0.4, 0.5) is 0 Å². The van der Waals surface area contributed by atoms with Crippen LogP contribution in [-0.2, 0) is 6.54 Å². The Bertz CT molecular complexity index is 452. The summed E-state index contributed by atoms with van der Waals surface area (Å²) in [7, 11) is 1.90. The Morgan fingerprint density at radius 3 is 2.70 bits per heavy atom. The Morgan fingerprint density at radius 2 is 2.05 bits per heavy atom. The van der Waals surface area contributed by atoms with E-state index >= 15 is 0 Å². The molecule has 0 radical (unpaired) electrons. The zero-order chi connectivity index (χ0) is 14.5. The maximum absolute atomic E-state index is 12.5. The fourth-order valence-corrected chi connectivity index (χ4v) is 3.14. The molecular weight excluding hydrogens is 318 g/mol. The van der Waals surface area contributed by atoms with Gasteiger partial charge in [-0.3, -0.25) is 4.79 Å². The second kappa shape index (κ2) is 7.27. The fourth-order valence-electron chi connectivity index (χ4n) is 2.67. The molecule has 0 saturated carbocycles. The Morgan fingerprint density at radius 1 is 1.35 bits per heavy atom. The number of halogens is 1. The van der Waals surface area contributed by atoms with E-state index in [0.29, 0.717) is 0 Å². The second-order valence-corrected chi connectivity index (χ2v) is 6.43. The molecule has 1 saturated heterocycles. The number of hydrogen-bond donors (Lipinski definition) is 0. The summed E-state index contributed by atoms with van der Waals surface area (Å²) in [4.78, 5) is 16.8. The van der Waals surface area contributed by atoms with Gasteiger partial charge in [0.15, 0.2) is 0 Å². The minimum absolute atomic E-state index is 0.114. The number of rotatable bonds is 6. The second-order valence-electron chi connectivity index (χ2n) is 5.51. The highest BCUT2D eigenvalue weighted by Gasteiger charge is 2.18. The van der Waals surface area contributed by atoms with E-state index in [2.05, 4.69) is 27.8 Å². The van der Waals surface area contributed by atoms with Gasteiger partial charge in [-0.1, -0.05) is 6.92 Å². The minimum atomic E-state index is 0.114. The lowest BCUT2D eigenvalue weighted by atomic mass is 10.3. The molecular formula is C15H24BrN3O. The van der Waals surface area contributed by atoms with Crippen molar-refractivity contribution in [3.8, 4) is 0 Å². The molecule has 0 spiro atoms. The van der Waals surface area contributed by atoms with Crippen LogP contribution in [0.3, 0.4) is 0 Å². The van der Waals surface area contributed by atoms with Gasteiger partial charge < -0.3 is 14.4 Å². The van der Waals surface area contributed by atoms with Gasteiger partial charge in [0.05, 0.1) is 0 Å². The molecule has 1 fully saturated rings. The van der Waals surface area contributed by atoms with Gasteiger partial charge in [0.2, 0.25) is 0 Å². The molecule has 0 atom stereocenters. The number of aromatic nitrogens is 1. The number of nitrogens with zero attached hydrogens (tertiary/aromatic N) is 3. The van der Waals surface area contributed by atoms with Gasteiger partial charge in [0, 0.05) is 37.4 Å². The Balaban J connectivity index is 1.94. The Hall–Kier alpha value is -0.810. The molecule has 20 heavy (non-hydrogen) atoms. The highest BCUT2D eigenvalue weighted by atomic mass is 79.9. The van der Waals surface area contributed by atoms with E-state index < -0.39 is 0 Å². The smallest absolute Gasteiger partial charge is 0.270 e. The largest absolute Gasteiger partial charge is 0.342 e. The van der Waals surface area contributed by atoms with Crippen LogP contribution >= 0.6 is 15.9 Å². The first-order valence-electron chi connectivity index (χ1n) is 7.45. The predicted molar refractivity (Wildman–Crippen MR) is 85.1 cm³/mol. The van der Waals surface area contributed by atoms with Gasteiger partial charge in [-0.05, 0) is 54.3 Å². The van der Waals surface area contributed by atoms with Crippen molar-refractivity contribution in [2.45, 2.75) is 32.7 Å². The van der Waals surface area contributed by atoms with E-state index in [9.17, 15) is 4.79 Å². The molecule has 4 nitrogen and oxygen atoms in total. The SMILES string of the molecule is CCCn1cc(Br)cc1C(=O)N(C)CCN1CCCC1. The van der Waals surface area contributed by atoms with Crippen molar-refractivity contribution in [2.75, 3.05) is 33.2 Å². The summed E-state index contributed by atoms with van der Waals surface area (Å²) in [5, 5.41) is 0. The molecule has 0 bridgehead atoms. The van der Waals surface area contributed by atoms with Crippen LogP contribution in [0.25, 0.3) is 0 Å². The van der Waals surface area contributed by atoms with Gasteiger partial charge in [0.1, 0.15) is 5.69 Å². The third kappa shape index (κ3) is 3.85. The molecule has 1 aliphatic rings. The standard InChI is InChI=1S/C15H24BrN3O/c1-3-6-19-12-13(16)11-14(19)15(20)17(2)9-10-18-7-4-5-8-18/h11-12H,3-10H2,1-2H3. The molecule has 0 unspecified atom stereocenters. The number of hydrogen-bond acceptors (Lipinski definition) is 2. The van der Waals surface area contributed by atoms with Crippen LogP contribution < -0.4 is 0 Å². The average Bonchev–Trinajstić information content (AvgIpc) is 3.05. The molecule has 112 valence electrons. The van der Waals surface area contributed by atoms with Crippen molar-refractivity contribution in [3.63, 3.8) is 0 Å². The molecule has 0 aliphatic carbocycles. The molecule has 2 rings (SSSR count). The summed E-state index contributed by atoms with van der Waals surface area (Å²) in [6, 6.07) is 1.92. The van der Waals surface area contributed by atoms with Gasteiger partial charge >= 0.3 is 0 Å². The van der Waals surface area contributed by atoms with Crippen molar-refractivity contribution < 1.29 is 4.79 Å². The van der Waals surface area contributed by atoms with Crippen LogP contribution in [0, 0.1) is 0 Å². The lowest BCUT2D eigenvalue weighted by Crippen LogP contribution is -2.36. The third-order valence-corrected chi connectivity index (χ3v) is 4.28. The highest BCUT2D eigenvalue weighted by Crippen LogP contribution is 2.17. The number of amides is 1. The molecule has 1 aromatic rings. The zero-order valence-corrected chi connectivity index (χ0v) is 14.0. The molecule has 1 aliphatic heterocycles. The van der Waals surface area contributed by atoms with Crippen LogP contribution in [0.1, 0.15) is 36.7 Å². The van der Waals surface area contributed by atoms with Gasteiger partial charge in [-0.15, -0.1) is 0 Å². The van der Waals surface area contributed by atoms with Crippen LogP contribution in [0.15, 0.2) is 16.7 Å². The van der Waals surface area contributed by atoms with E-state index in [0.717, 1.165) is 36.2 Å². The number of carbonyl (C=O) groups excluding carboxylic acids is 1. The first-order valence-corrected chi connectivity index (χ1v) is 8.24. The number of likely N-dealkylation sites (N-methyl/N-ethyl adjacent to an activating group) is 1. The maximum atomic E-state index is 12.5. The summed E-state index contributed by atoms with van der Waals surface area (Å²) >= 11 is 3.46. The summed E-state index contributed by atoms with van der Waals surface area (Å²) in [6.45, 7) is 7.15. The van der Waals surface area contributed by atoms with Crippen molar-refractivity contribution in [2.24, 2.45) is 0 Å². The van der Waals surface area contributed by atoms with Gasteiger partial charge in [-0.2, -0.15) is 0 Å². The van der Waals surface area contributed by atoms with E-state index in [1.54, 1.807) is 0 Å².